The van der Waals surface area contributed by atoms with Gasteiger partial charge in [-0.15, -0.1) is 0 Å². The summed E-state index contributed by atoms with van der Waals surface area (Å²) in [6, 6.07) is 34.5. The molecule has 0 aliphatic heterocycles. The molecule has 7 aromatic carbocycles. The topological polar surface area (TPSA) is 0 Å². The molecule has 0 saturated heterocycles. The van der Waals surface area contributed by atoms with E-state index in [1.54, 1.807) is 0 Å². The van der Waals surface area contributed by atoms with Crippen molar-refractivity contribution in [3.63, 3.8) is 0 Å². The average molecular weight is 1510 g/mol. The molecule has 0 unspecified atom stereocenters. The van der Waals surface area contributed by atoms with E-state index in [4.69, 9.17) is 0 Å². The summed E-state index contributed by atoms with van der Waals surface area (Å²) in [6.45, 7) is 125. The highest BCUT2D eigenvalue weighted by Crippen LogP contribution is 2.42. The van der Waals surface area contributed by atoms with Crippen LogP contribution in [0.5, 0.6) is 0 Å². The second-order valence-electron chi connectivity index (χ2n) is 48.3. The lowest BCUT2D eigenvalue weighted by Crippen LogP contribution is -2.22. The Bertz CT molecular complexity index is 4040. The van der Waals surface area contributed by atoms with Crippen molar-refractivity contribution >= 4 is 0 Å². The lowest BCUT2D eigenvalue weighted by atomic mass is 9.73. The first-order valence-electron chi connectivity index (χ1n) is 42.7. The maximum absolute atomic E-state index is 2.37. The summed E-state index contributed by atoms with van der Waals surface area (Å²) in [4.78, 5) is 0. The Kier molecular flexibility index (Phi) is 34.3. The molecule has 7 rings (SSSR count). The molecular formula is C111H180. The van der Waals surface area contributed by atoms with Crippen LogP contribution in [0.2, 0.25) is 0 Å². The van der Waals surface area contributed by atoms with Crippen molar-refractivity contribution in [1.29, 1.82) is 0 Å². The molecule has 0 atom stereocenters. The highest BCUT2D eigenvalue weighted by Gasteiger charge is 2.31. The fraction of sp³-hybridized carbons (Fsp3) is 0.622. The van der Waals surface area contributed by atoms with Crippen LogP contribution in [0.4, 0.5) is 0 Å². The molecule has 0 fully saturated rings. The van der Waals surface area contributed by atoms with E-state index in [1.807, 2.05) is 0 Å². The van der Waals surface area contributed by atoms with E-state index in [9.17, 15) is 0 Å². The molecule has 0 aromatic heterocycles. The lowest BCUT2D eigenvalue weighted by molar-refractivity contribution is 0.555. The molecule has 0 spiro atoms. The number of rotatable bonds is 0. The normalized spacial score (nSPS) is 13.0. The molecule has 624 valence electrons. The van der Waals surface area contributed by atoms with Crippen molar-refractivity contribution < 1.29 is 0 Å². The van der Waals surface area contributed by atoms with Gasteiger partial charge in [0.25, 0.3) is 0 Å². The van der Waals surface area contributed by atoms with Gasteiger partial charge >= 0.3 is 0 Å². The van der Waals surface area contributed by atoms with Crippen LogP contribution in [-0.4, -0.2) is 0 Å². The molecule has 0 saturated carbocycles. The van der Waals surface area contributed by atoms with Gasteiger partial charge in [0.05, 0.1) is 0 Å². The van der Waals surface area contributed by atoms with Crippen molar-refractivity contribution in [3.05, 3.63) is 241 Å². The SMILES string of the molecule is Cc1c(C(C)(C)C)cccc1C(C)(C)C.Cc1cc(C(C)(C)C)c(C)c(C(C)(C)C)c1.Cc1cc(C(C)(C)C)c(C)c(C(C)(C)C)c1C.Cc1cc(C(C)(C)C)cc(C(C)(C)C)c1.Cc1cc(C)c(C(C)(C)C)c(C)c1C(C)(C)C.Cc1ccc(C(C)(C)C)c(C)c1C(C)(C)C.Cc1ccc(C(C)(C)C)cc1C(C)(C)C. The summed E-state index contributed by atoms with van der Waals surface area (Å²) in [6.07, 6.45) is 0. The van der Waals surface area contributed by atoms with E-state index in [0.717, 1.165) is 0 Å². The highest BCUT2D eigenvalue weighted by molar-refractivity contribution is 5.53. The Hall–Kier alpha value is -5.46. The summed E-state index contributed by atoms with van der Waals surface area (Å²) < 4.78 is 0. The fourth-order valence-electron chi connectivity index (χ4n) is 17.5. The third-order valence-corrected chi connectivity index (χ3v) is 22.2. The van der Waals surface area contributed by atoms with Gasteiger partial charge in [-0.1, -0.05) is 393 Å². The zero-order chi connectivity index (χ0) is 88.2. The Morgan fingerprint density at radius 1 is 0.144 bits per heavy atom. The van der Waals surface area contributed by atoms with Crippen LogP contribution < -0.4 is 0 Å². The van der Waals surface area contributed by atoms with Gasteiger partial charge in [-0.05, 0) is 305 Å². The van der Waals surface area contributed by atoms with E-state index in [-0.39, 0.29) is 75.8 Å². The smallest absolute Gasteiger partial charge is 0.0126 e. The maximum atomic E-state index is 2.37. The van der Waals surface area contributed by atoms with Gasteiger partial charge in [0.15, 0.2) is 0 Å². The summed E-state index contributed by atoms with van der Waals surface area (Å²) in [5.74, 6) is 0. The Morgan fingerprint density at radius 3 is 0.721 bits per heavy atom. The van der Waals surface area contributed by atoms with Crippen LogP contribution in [0.25, 0.3) is 0 Å². The molecule has 0 heteroatoms. The molecule has 0 N–H and O–H groups in total. The first-order valence-corrected chi connectivity index (χ1v) is 42.7. The molecule has 0 amide bonds. The molecule has 111 heavy (non-hydrogen) atoms. The maximum Gasteiger partial charge on any atom is -0.0126 e. The predicted molar refractivity (Wildman–Crippen MR) is 508 cm³/mol. The number of aryl methyl sites for hydroxylation is 7. The minimum atomic E-state index is 0.222. The minimum Gasteiger partial charge on any atom is -0.0617 e. The van der Waals surface area contributed by atoms with Crippen LogP contribution >= 0.6 is 0 Å². The molecule has 7 aromatic rings. The molecule has 0 radical (unpaired) electrons. The predicted octanol–water partition coefficient (Wildman–Crippen LogP) is 34.0. The average Bonchev–Trinajstić information content (AvgIpc) is 0.769. The van der Waals surface area contributed by atoms with Gasteiger partial charge in [-0.25, -0.2) is 0 Å². The van der Waals surface area contributed by atoms with Crippen LogP contribution in [0, 0.1) is 90.0 Å². The Labute approximate surface area is 693 Å². The molecule has 0 bridgehead atoms. The second kappa shape index (κ2) is 36.8. The molecule has 0 heterocycles. The van der Waals surface area contributed by atoms with Gasteiger partial charge in [-0.3, -0.25) is 0 Å². The van der Waals surface area contributed by atoms with E-state index >= 15 is 0 Å². The van der Waals surface area contributed by atoms with E-state index in [2.05, 4.69) is 472 Å². The van der Waals surface area contributed by atoms with Crippen LogP contribution in [-0.2, 0) is 75.8 Å². The third kappa shape index (κ3) is 30.3. The lowest BCUT2D eigenvalue weighted by Gasteiger charge is -2.32. The van der Waals surface area contributed by atoms with Crippen LogP contribution in [0.15, 0.2) is 91.0 Å². The summed E-state index contributed by atoms with van der Waals surface area (Å²) in [5, 5.41) is 0. The second-order valence-corrected chi connectivity index (χ2v) is 48.3. The van der Waals surface area contributed by atoms with Gasteiger partial charge in [0.1, 0.15) is 0 Å². The van der Waals surface area contributed by atoms with Crippen molar-refractivity contribution in [2.45, 2.75) is 457 Å². The van der Waals surface area contributed by atoms with Gasteiger partial charge in [0, 0.05) is 0 Å². The Morgan fingerprint density at radius 2 is 0.414 bits per heavy atom. The van der Waals surface area contributed by atoms with Gasteiger partial charge < -0.3 is 0 Å². The van der Waals surface area contributed by atoms with Gasteiger partial charge in [0.2, 0.25) is 0 Å². The number of benzene rings is 7. The summed E-state index contributed by atoms with van der Waals surface area (Å²) >= 11 is 0. The number of hydrogen-bond acceptors (Lipinski definition) is 0. The van der Waals surface area contributed by atoms with Crippen molar-refractivity contribution in [1.82, 2.24) is 0 Å². The summed E-state index contributed by atoms with van der Waals surface area (Å²) in [7, 11) is 0. The quantitative estimate of drug-likeness (QED) is 0.142. The number of hydrogen-bond donors (Lipinski definition) is 0. The van der Waals surface area contributed by atoms with Crippen molar-refractivity contribution in [3.8, 4) is 0 Å². The zero-order valence-corrected chi connectivity index (χ0v) is 84.2. The van der Waals surface area contributed by atoms with Crippen molar-refractivity contribution in [2.75, 3.05) is 0 Å². The fourth-order valence-corrected chi connectivity index (χ4v) is 17.5. The highest BCUT2D eigenvalue weighted by atomic mass is 14.4. The standard InChI is InChI=1S/2C17H28.2C16H26.3C15H24/c1-11-10-14(16(4,5)6)13(3)15(12(11)2)17(7,8)9;1-11-10-12(2)15(17(7,8)9)13(3)14(11)16(4,5)6;1-11-9-13(15(3,4)5)12(2)14(10-11)16(6,7)8;1-11-9-10-13(15(3,4)5)12(2)14(11)16(6,7)8;1-11-8-12(14(2,3)4)10-13(9-11)15(5,6)7;1-11-8-9-12(14(2,3)4)10-13(11)15(5,6)7;1-11-12(14(2,3)4)9-8-10-13(11)15(5,6)7/h2*10H,1-9H3;2*9-10H,1-8H3;3*8-10H,1-7H3. The monoisotopic (exact) mass is 1510 g/mol. The molecule has 0 aliphatic carbocycles. The third-order valence-electron chi connectivity index (χ3n) is 22.2. The van der Waals surface area contributed by atoms with Crippen LogP contribution in [0.1, 0.15) is 441 Å². The Balaban J connectivity index is 0.000000648. The molecular weight excluding hydrogens is 1330 g/mol. The van der Waals surface area contributed by atoms with Crippen molar-refractivity contribution in [2.24, 2.45) is 0 Å². The summed E-state index contributed by atoms with van der Waals surface area (Å²) in [5.41, 5.74) is 42.7. The van der Waals surface area contributed by atoms with E-state index in [0.29, 0.717) is 0 Å². The van der Waals surface area contributed by atoms with E-state index in [1.165, 1.54) is 150 Å². The first kappa shape index (κ1) is 104. The molecule has 0 nitrogen and oxygen atoms in total. The minimum absolute atomic E-state index is 0.222. The van der Waals surface area contributed by atoms with Crippen LogP contribution in [0.3, 0.4) is 0 Å². The van der Waals surface area contributed by atoms with E-state index < -0.39 is 0 Å². The van der Waals surface area contributed by atoms with Gasteiger partial charge in [-0.2, -0.15) is 0 Å². The zero-order valence-electron chi connectivity index (χ0n) is 84.2. The molecule has 0 aliphatic rings. The largest absolute Gasteiger partial charge is 0.0617 e. The first-order chi connectivity index (χ1) is 48.9.